The minimum absolute atomic E-state index is 0.00106. The van der Waals surface area contributed by atoms with Crippen LogP contribution in [0, 0.1) is 0 Å². The van der Waals surface area contributed by atoms with Gasteiger partial charge in [-0.05, 0) is 12.1 Å². The highest BCUT2D eigenvalue weighted by Gasteiger charge is 2.01. The lowest BCUT2D eigenvalue weighted by Gasteiger charge is -2.10. The van der Waals surface area contributed by atoms with Crippen LogP contribution in [0.5, 0.6) is 5.75 Å². The molecule has 0 atom stereocenters. The van der Waals surface area contributed by atoms with Crippen LogP contribution in [0.2, 0.25) is 0 Å². The van der Waals surface area contributed by atoms with Crippen molar-refractivity contribution in [3.63, 3.8) is 0 Å². The first kappa shape index (κ1) is 9.52. The van der Waals surface area contributed by atoms with Crippen molar-refractivity contribution in [2.24, 2.45) is 0 Å². The van der Waals surface area contributed by atoms with Crippen molar-refractivity contribution >= 4 is 0 Å². The van der Waals surface area contributed by atoms with Crippen LogP contribution in [0.1, 0.15) is 0 Å². The molecule has 0 bridgehead atoms. The van der Waals surface area contributed by atoms with E-state index in [2.05, 4.69) is 0 Å². The predicted molar refractivity (Wildman–Crippen MR) is 58.6 cm³/mol. The molecule has 0 aliphatic carbocycles. The number of hydrogen-bond donors (Lipinski definition) is 0. The third-order valence-electron chi connectivity index (χ3n) is 2.16. The Morgan fingerprint density at radius 2 is 1.73 bits per heavy atom. The van der Waals surface area contributed by atoms with E-state index in [1.807, 2.05) is 28.8 Å². The number of para-hydroxylation sites is 2. The fourth-order valence-electron chi connectivity index (χ4n) is 1.42. The van der Waals surface area contributed by atoms with Crippen molar-refractivity contribution in [3.8, 4) is 11.4 Å². The highest BCUT2D eigenvalue weighted by atomic mass is 16.5. The van der Waals surface area contributed by atoms with Crippen LogP contribution < -0.4 is 10.2 Å². The molecule has 3 nitrogen and oxygen atoms in total. The largest absolute Gasteiger partial charge is 0.495 e. The number of pyridine rings is 1. The Labute approximate surface area is 87.6 Å². The van der Waals surface area contributed by atoms with Gasteiger partial charge in [0.25, 0.3) is 0 Å². The van der Waals surface area contributed by atoms with Gasteiger partial charge in [0.05, 0.1) is 12.8 Å². The smallest absolute Gasteiger partial charge is 0.181 e. The van der Waals surface area contributed by atoms with E-state index >= 15 is 0 Å². The molecule has 0 amide bonds. The highest BCUT2D eigenvalue weighted by Crippen LogP contribution is 2.20. The van der Waals surface area contributed by atoms with Gasteiger partial charge in [-0.3, -0.25) is 4.79 Å². The maximum Gasteiger partial charge on any atom is 0.181 e. The van der Waals surface area contributed by atoms with Gasteiger partial charge < -0.3 is 9.30 Å². The van der Waals surface area contributed by atoms with Crippen LogP contribution in [0.4, 0.5) is 0 Å². The van der Waals surface area contributed by atoms with E-state index in [0.717, 1.165) is 11.4 Å². The normalized spacial score (nSPS) is 9.93. The summed E-state index contributed by atoms with van der Waals surface area (Å²) in [4.78, 5) is 11.0. The van der Waals surface area contributed by atoms with Crippen LogP contribution in [-0.4, -0.2) is 11.7 Å². The molecule has 0 radical (unpaired) electrons. The van der Waals surface area contributed by atoms with Gasteiger partial charge in [0.2, 0.25) is 0 Å². The standard InChI is InChI=1S/C12H11NO2/c1-15-12-5-3-2-4-11(12)13-8-6-10(14)7-9-13/h2-9H,1H3. The van der Waals surface area contributed by atoms with E-state index in [1.165, 1.54) is 12.1 Å². The molecule has 0 saturated heterocycles. The molecule has 0 aliphatic rings. The fraction of sp³-hybridized carbons (Fsp3) is 0.0833. The van der Waals surface area contributed by atoms with E-state index in [1.54, 1.807) is 19.5 Å². The molecular formula is C12H11NO2. The molecule has 1 aromatic heterocycles. The zero-order chi connectivity index (χ0) is 10.7. The quantitative estimate of drug-likeness (QED) is 0.742. The number of methoxy groups -OCH3 is 1. The number of nitrogens with zero attached hydrogens (tertiary/aromatic N) is 1. The molecule has 2 rings (SSSR count). The zero-order valence-corrected chi connectivity index (χ0v) is 8.38. The second kappa shape index (κ2) is 4.00. The molecule has 0 N–H and O–H groups in total. The summed E-state index contributed by atoms with van der Waals surface area (Å²) in [5, 5.41) is 0. The average Bonchev–Trinajstić information content (AvgIpc) is 2.30. The minimum atomic E-state index is 0.00106. The maximum absolute atomic E-state index is 11.0. The molecule has 76 valence electrons. The van der Waals surface area contributed by atoms with Gasteiger partial charge in [0, 0.05) is 24.5 Å². The molecule has 0 unspecified atom stereocenters. The molecule has 1 heterocycles. The Bertz CT molecular complexity index is 497. The van der Waals surface area contributed by atoms with Crippen LogP contribution in [0.3, 0.4) is 0 Å². The SMILES string of the molecule is COc1ccccc1-n1ccc(=O)cc1. The van der Waals surface area contributed by atoms with E-state index < -0.39 is 0 Å². The van der Waals surface area contributed by atoms with Crippen LogP contribution in [0.15, 0.2) is 53.6 Å². The first-order chi connectivity index (χ1) is 7.31. The summed E-state index contributed by atoms with van der Waals surface area (Å²) in [6.45, 7) is 0. The average molecular weight is 201 g/mol. The van der Waals surface area contributed by atoms with Crippen molar-refractivity contribution in [1.29, 1.82) is 0 Å². The van der Waals surface area contributed by atoms with Crippen LogP contribution in [-0.2, 0) is 0 Å². The lowest BCUT2D eigenvalue weighted by molar-refractivity contribution is 0.413. The first-order valence-corrected chi connectivity index (χ1v) is 4.63. The highest BCUT2D eigenvalue weighted by molar-refractivity contribution is 5.46. The number of rotatable bonds is 2. The van der Waals surface area contributed by atoms with E-state index in [9.17, 15) is 4.79 Å². The molecule has 3 heteroatoms. The van der Waals surface area contributed by atoms with E-state index in [0.29, 0.717) is 0 Å². The number of hydrogen-bond acceptors (Lipinski definition) is 2. The topological polar surface area (TPSA) is 31.2 Å². The summed E-state index contributed by atoms with van der Waals surface area (Å²) >= 11 is 0. The Balaban J connectivity index is 2.53. The Morgan fingerprint density at radius 3 is 2.40 bits per heavy atom. The third-order valence-corrected chi connectivity index (χ3v) is 2.16. The van der Waals surface area contributed by atoms with Gasteiger partial charge in [0.1, 0.15) is 5.75 Å². The first-order valence-electron chi connectivity index (χ1n) is 4.63. The van der Waals surface area contributed by atoms with E-state index in [4.69, 9.17) is 4.74 Å². The van der Waals surface area contributed by atoms with Gasteiger partial charge in [-0.1, -0.05) is 12.1 Å². The predicted octanol–water partition coefficient (Wildman–Crippen LogP) is 1.85. The van der Waals surface area contributed by atoms with Crippen molar-refractivity contribution in [2.75, 3.05) is 7.11 Å². The Kier molecular flexibility index (Phi) is 2.54. The number of aromatic nitrogens is 1. The van der Waals surface area contributed by atoms with Crippen LogP contribution >= 0.6 is 0 Å². The van der Waals surface area contributed by atoms with Crippen LogP contribution in [0.25, 0.3) is 5.69 Å². The molecule has 2 aromatic rings. The molecule has 0 saturated carbocycles. The second-order valence-corrected chi connectivity index (χ2v) is 3.11. The summed E-state index contributed by atoms with van der Waals surface area (Å²) in [5.74, 6) is 0.779. The monoisotopic (exact) mass is 201 g/mol. The fourth-order valence-corrected chi connectivity index (χ4v) is 1.42. The second-order valence-electron chi connectivity index (χ2n) is 3.11. The van der Waals surface area contributed by atoms with E-state index in [-0.39, 0.29) is 5.43 Å². The van der Waals surface area contributed by atoms with Gasteiger partial charge >= 0.3 is 0 Å². The summed E-state index contributed by atoms with van der Waals surface area (Å²) < 4.78 is 7.08. The number of ether oxygens (including phenoxy) is 1. The molecule has 1 aromatic carbocycles. The molecular weight excluding hydrogens is 190 g/mol. The molecule has 0 aliphatic heterocycles. The molecule has 0 spiro atoms. The van der Waals surface area contributed by atoms with Gasteiger partial charge in [-0.25, -0.2) is 0 Å². The minimum Gasteiger partial charge on any atom is -0.495 e. The Hall–Kier alpha value is -2.03. The van der Waals surface area contributed by atoms with Gasteiger partial charge in [-0.2, -0.15) is 0 Å². The summed E-state index contributed by atoms with van der Waals surface area (Å²) in [5.41, 5.74) is 0.918. The van der Waals surface area contributed by atoms with Crippen molar-refractivity contribution < 1.29 is 4.74 Å². The maximum atomic E-state index is 11.0. The summed E-state index contributed by atoms with van der Waals surface area (Å²) in [7, 11) is 1.63. The molecule has 15 heavy (non-hydrogen) atoms. The lowest BCUT2D eigenvalue weighted by atomic mass is 10.3. The zero-order valence-electron chi connectivity index (χ0n) is 8.38. The Morgan fingerprint density at radius 1 is 1.07 bits per heavy atom. The van der Waals surface area contributed by atoms with Gasteiger partial charge in [0.15, 0.2) is 5.43 Å². The number of benzene rings is 1. The lowest BCUT2D eigenvalue weighted by Crippen LogP contribution is -2.02. The van der Waals surface area contributed by atoms with Crippen molar-refractivity contribution in [2.45, 2.75) is 0 Å². The van der Waals surface area contributed by atoms with Crippen molar-refractivity contribution in [3.05, 3.63) is 59.0 Å². The third kappa shape index (κ3) is 1.91. The van der Waals surface area contributed by atoms with Crippen molar-refractivity contribution in [1.82, 2.24) is 4.57 Å². The van der Waals surface area contributed by atoms with Gasteiger partial charge in [-0.15, -0.1) is 0 Å². The summed E-state index contributed by atoms with van der Waals surface area (Å²) in [6.07, 6.45) is 3.44. The summed E-state index contributed by atoms with van der Waals surface area (Å²) in [6, 6.07) is 10.7. The molecule has 0 fully saturated rings.